The van der Waals surface area contributed by atoms with Gasteiger partial charge in [-0.1, -0.05) is 0 Å². The van der Waals surface area contributed by atoms with Crippen molar-refractivity contribution in [3.05, 3.63) is 0 Å². The summed E-state index contributed by atoms with van der Waals surface area (Å²) in [6, 6.07) is -1.98. The van der Waals surface area contributed by atoms with Crippen molar-refractivity contribution in [3.8, 4) is 0 Å². The van der Waals surface area contributed by atoms with Crippen LogP contribution >= 0.6 is 0 Å². The number of halogens is 3. The summed E-state index contributed by atoms with van der Waals surface area (Å²) in [5.74, 6) is -3.10. The highest BCUT2D eigenvalue weighted by Gasteiger charge is 2.59. The van der Waals surface area contributed by atoms with Gasteiger partial charge in [0.25, 0.3) is 0 Å². The molecule has 1 atom stereocenters. The van der Waals surface area contributed by atoms with Crippen LogP contribution < -0.4 is 5.32 Å². The monoisotopic (exact) mass is 314 g/mol. The molecule has 0 fully saturated rings. The third-order valence-corrected chi connectivity index (χ3v) is 2.76. The van der Waals surface area contributed by atoms with Gasteiger partial charge in [0.05, 0.1) is 7.11 Å². The van der Waals surface area contributed by atoms with E-state index in [0.717, 1.165) is 12.0 Å². The average Bonchev–Trinajstić information content (AvgIpc) is 2.32. The summed E-state index contributed by atoms with van der Waals surface area (Å²) in [6.07, 6.45) is -5.21. The molecule has 0 radical (unpaired) electrons. The lowest BCUT2D eigenvalue weighted by Crippen LogP contribution is -2.64. The Morgan fingerprint density at radius 3 is 2.05 bits per heavy atom. The number of aliphatic carboxylic acids is 1. The molecule has 10 heteroatoms. The van der Waals surface area contributed by atoms with Gasteiger partial charge >= 0.3 is 24.1 Å². The van der Waals surface area contributed by atoms with Gasteiger partial charge < -0.3 is 20.1 Å². The Bertz CT molecular complexity index is 425. The maximum atomic E-state index is 12.8. The molecule has 0 aliphatic heterocycles. The quantitative estimate of drug-likeness (QED) is 0.738. The summed E-state index contributed by atoms with van der Waals surface area (Å²) in [5.41, 5.74) is -3.46. The highest BCUT2D eigenvalue weighted by molar-refractivity contribution is 5.88. The number of methoxy groups -OCH3 is 1. The Morgan fingerprint density at radius 2 is 1.76 bits per heavy atom. The maximum absolute atomic E-state index is 12.8. The van der Waals surface area contributed by atoms with Gasteiger partial charge in [0.1, 0.15) is 6.54 Å². The number of hydrogen-bond acceptors (Lipinski definition) is 4. The molecule has 0 spiro atoms. The van der Waals surface area contributed by atoms with Crippen LogP contribution in [-0.2, 0) is 14.3 Å². The van der Waals surface area contributed by atoms with Crippen LogP contribution in [0.1, 0.15) is 20.8 Å². The number of nitrogens with zero attached hydrogens (tertiary/aromatic N) is 1. The number of carbonyl (C=O) groups excluding carboxylic acids is 2. The van der Waals surface area contributed by atoms with Crippen LogP contribution in [0.25, 0.3) is 0 Å². The molecule has 0 saturated carbocycles. The number of carboxylic acids is 1. The molecule has 0 aromatic rings. The van der Waals surface area contributed by atoms with Gasteiger partial charge in [-0.2, -0.15) is 13.2 Å². The summed E-state index contributed by atoms with van der Waals surface area (Å²) in [5, 5.41) is 10.1. The minimum Gasteiger partial charge on any atom is -0.479 e. The van der Waals surface area contributed by atoms with E-state index < -0.39 is 42.3 Å². The molecule has 122 valence electrons. The first-order valence-electron chi connectivity index (χ1n) is 5.82. The van der Waals surface area contributed by atoms with E-state index in [4.69, 9.17) is 5.11 Å². The lowest BCUT2D eigenvalue weighted by Gasteiger charge is -2.33. The fourth-order valence-electron chi connectivity index (χ4n) is 1.22. The predicted octanol–water partition coefficient (Wildman–Crippen LogP) is 0.985. The zero-order valence-electron chi connectivity index (χ0n) is 11.9. The Morgan fingerprint density at radius 1 is 1.29 bits per heavy atom. The third-order valence-electron chi connectivity index (χ3n) is 2.76. The van der Waals surface area contributed by atoms with Crippen molar-refractivity contribution in [2.75, 3.05) is 13.7 Å². The molecular formula is C11H17F3N2O5. The minimum absolute atomic E-state index is 0.323. The van der Waals surface area contributed by atoms with Gasteiger partial charge in [-0.3, -0.25) is 4.79 Å². The maximum Gasteiger partial charge on any atom is 0.422 e. The Balaban J connectivity index is 5.29. The second kappa shape index (κ2) is 6.64. The van der Waals surface area contributed by atoms with E-state index >= 15 is 0 Å². The molecule has 0 aromatic carbocycles. The molecule has 0 heterocycles. The summed E-state index contributed by atoms with van der Waals surface area (Å²) in [7, 11) is 1.05. The van der Waals surface area contributed by atoms with Gasteiger partial charge in [0, 0.05) is 6.04 Å². The van der Waals surface area contributed by atoms with E-state index in [1.807, 2.05) is 0 Å². The zero-order chi connectivity index (χ0) is 17.0. The molecule has 0 rings (SSSR count). The molecule has 0 aliphatic rings. The van der Waals surface area contributed by atoms with E-state index in [9.17, 15) is 27.6 Å². The smallest absolute Gasteiger partial charge is 0.422 e. The van der Waals surface area contributed by atoms with Gasteiger partial charge in [-0.05, 0) is 20.8 Å². The molecule has 1 unspecified atom stereocenters. The van der Waals surface area contributed by atoms with Crippen molar-refractivity contribution in [2.45, 2.75) is 38.5 Å². The highest BCUT2D eigenvalue weighted by Crippen LogP contribution is 2.30. The van der Waals surface area contributed by atoms with Crippen LogP contribution in [0.5, 0.6) is 0 Å². The number of alkyl halides is 3. The Kier molecular flexibility index (Phi) is 6.00. The van der Waals surface area contributed by atoms with Crippen LogP contribution in [0.4, 0.5) is 18.0 Å². The van der Waals surface area contributed by atoms with Crippen molar-refractivity contribution >= 4 is 18.0 Å². The summed E-state index contributed by atoms with van der Waals surface area (Å²) < 4.78 is 42.7. The Hall–Kier alpha value is -2.00. The number of ether oxygens (including phenoxy) is 1. The lowest BCUT2D eigenvalue weighted by atomic mass is 10.0. The largest absolute Gasteiger partial charge is 0.479 e. The number of esters is 1. The standard InChI is InChI=1S/C11H17F3N2O5/c1-6(2)16(5-7(17)21-4)9(20)15-10(3,8(18)19)11(12,13)14/h6H,5H2,1-4H3,(H,15,20)(H,18,19). The van der Waals surface area contributed by atoms with Crippen molar-refractivity contribution in [3.63, 3.8) is 0 Å². The van der Waals surface area contributed by atoms with Gasteiger partial charge in [0.15, 0.2) is 0 Å². The number of carbonyl (C=O) groups is 3. The van der Waals surface area contributed by atoms with Gasteiger partial charge in [-0.25, -0.2) is 9.59 Å². The molecule has 0 saturated heterocycles. The lowest BCUT2D eigenvalue weighted by molar-refractivity contribution is -0.203. The average molecular weight is 314 g/mol. The topological polar surface area (TPSA) is 95.9 Å². The molecule has 7 nitrogen and oxygen atoms in total. The summed E-state index contributed by atoms with van der Waals surface area (Å²) >= 11 is 0. The SMILES string of the molecule is COC(=O)CN(C(=O)NC(C)(C(=O)O)C(F)(F)F)C(C)C. The second-order valence-corrected chi connectivity index (χ2v) is 4.66. The van der Waals surface area contributed by atoms with E-state index in [1.54, 1.807) is 0 Å². The van der Waals surface area contributed by atoms with Crippen molar-refractivity contribution in [2.24, 2.45) is 0 Å². The molecular weight excluding hydrogens is 297 g/mol. The third kappa shape index (κ3) is 4.50. The number of amides is 2. The highest BCUT2D eigenvalue weighted by atomic mass is 19.4. The first-order valence-corrected chi connectivity index (χ1v) is 5.82. The van der Waals surface area contributed by atoms with Gasteiger partial charge in [0.2, 0.25) is 5.54 Å². The van der Waals surface area contributed by atoms with E-state index in [0.29, 0.717) is 6.92 Å². The number of hydrogen-bond donors (Lipinski definition) is 2. The first-order chi connectivity index (χ1) is 9.36. The van der Waals surface area contributed by atoms with Crippen LogP contribution in [0.15, 0.2) is 0 Å². The number of urea groups is 1. The number of carboxylic acid groups (broad SMARTS) is 1. The van der Waals surface area contributed by atoms with Crippen LogP contribution in [-0.4, -0.2) is 59.4 Å². The second-order valence-electron chi connectivity index (χ2n) is 4.66. The van der Waals surface area contributed by atoms with Crippen LogP contribution in [0.3, 0.4) is 0 Å². The normalized spacial score (nSPS) is 14.3. The predicted molar refractivity (Wildman–Crippen MR) is 64.5 cm³/mol. The fourth-order valence-corrected chi connectivity index (χ4v) is 1.22. The van der Waals surface area contributed by atoms with E-state index in [1.165, 1.54) is 19.2 Å². The first kappa shape index (κ1) is 19.0. The number of nitrogens with one attached hydrogen (secondary N) is 1. The minimum atomic E-state index is -5.21. The van der Waals surface area contributed by atoms with Crippen LogP contribution in [0, 0.1) is 0 Å². The van der Waals surface area contributed by atoms with Crippen molar-refractivity contribution < 1.29 is 37.4 Å². The summed E-state index contributed by atoms with van der Waals surface area (Å²) in [4.78, 5) is 34.6. The molecule has 2 N–H and O–H groups in total. The van der Waals surface area contributed by atoms with E-state index in [2.05, 4.69) is 4.74 Å². The summed E-state index contributed by atoms with van der Waals surface area (Å²) in [6.45, 7) is 2.62. The molecule has 0 aromatic heterocycles. The molecule has 2 amide bonds. The molecule has 21 heavy (non-hydrogen) atoms. The van der Waals surface area contributed by atoms with Crippen molar-refractivity contribution in [1.29, 1.82) is 0 Å². The zero-order valence-corrected chi connectivity index (χ0v) is 11.9. The molecule has 0 aliphatic carbocycles. The van der Waals surface area contributed by atoms with Crippen LogP contribution in [0.2, 0.25) is 0 Å². The molecule has 0 bridgehead atoms. The number of rotatable bonds is 5. The Labute approximate surface area is 119 Å². The fraction of sp³-hybridized carbons (Fsp3) is 0.727. The van der Waals surface area contributed by atoms with E-state index in [-0.39, 0.29) is 0 Å². The van der Waals surface area contributed by atoms with Crippen molar-refractivity contribution in [1.82, 2.24) is 10.2 Å². The van der Waals surface area contributed by atoms with Gasteiger partial charge in [-0.15, -0.1) is 0 Å².